The van der Waals surface area contributed by atoms with Crippen LogP contribution in [0.2, 0.25) is 0 Å². The van der Waals surface area contributed by atoms with Crippen LogP contribution in [-0.4, -0.2) is 147 Å². The number of likely N-dealkylation sites (tertiary alicyclic amines) is 1. The highest BCUT2D eigenvalue weighted by molar-refractivity contribution is 7.80. The van der Waals surface area contributed by atoms with Crippen LogP contribution in [0.15, 0.2) is 35.3 Å². The number of carbonyl (C=O) groups is 8. The Bertz CT molecular complexity index is 1680. The number of rotatable bonds is 27. The van der Waals surface area contributed by atoms with Crippen LogP contribution in [-0.2, 0) is 44.8 Å². The van der Waals surface area contributed by atoms with Crippen molar-refractivity contribution in [1.29, 1.82) is 0 Å². The van der Waals surface area contributed by atoms with Crippen molar-refractivity contribution in [2.45, 2.75) is 120 Å². The molecule has 1 heterocycles. The van der Waals surface area contributed by atoms with Gasteiger partial charge >= 0.3 is 11.9 Å². The molecule has 23 heteroatoms. The van der Waals surface area contributed by atoms with Crippen molar-refractivity contribution in [2.75, 3.05) is 25.4 Å². The first-order valence-corrected chi connectivity index (χ1v) is 20.6. The number of nitrogens with two attached hydrogens (primary N) is 4. The van der Waals surface area contributed by atoms with Crippen molar-refractivity contribution in [3.8, 4) is 0 Å². The number of aliphatic hydroxyl groups is 1. The molecule has 22 nitrogen and oxygen atoms in total. The van der Waals surface area contributed by atoms with Gasteiger partial charge in [0, 0.05) is 31.7 Å². The number of carboxylic acids is 2. The van der Waals surface area contributed by atoms with Crippen LogP contribution in [0.3, 0.4) is 0 Å². The van der Waals surface area contributed by atoms with Gasteiger partial charge in [0.25, 0.3) is 0 Å². The minimum atomic E-state index is -1.62. The van der Waals surface area contributed by atoms with E-state index in [9.17, 15) is 48.6 Å². The molecule has 340 valence electrons. The second kappa shape index (κ2) is 26.6. The summed E-state index contributed by atoms with van der Waals surface area (Å²) in [6.45, 7) is 1.69. The lowest BCUT2D eigenvalue weighted by Gasteiger charge is -2.30. The number of aliphatic imine (C=N–C) groups is 1. The molecule has 0 bridgehead atoms. The highest BCUT2D eigenvalue weighted by Crippen LogP contribution is 2.20. The fraction of sp³-hybridized carbons (Fsp3) is 0.605. The third-order valence-electron chi connectivity index (χ3n) is 9.76. The molecule has 1 aliphatic rings. The average Bonchev–Trinajstić information content (AvgIpc) is 3.71. The van der Waals surface area contributed by atoms with Crippen LogP contribution in [0.5, 0.6) is 0 Å². The van der Waals surface area contributed by atoms with E-state index in [0.29, 0.717) is 24.8 Å². The smallest absolute Gasteiger partial charge is 0.328 e. The summed E-state index contributed by atoms with van der Waals surface area (Å²) in [5.74, 6) is -7.67. The number of aliphatic hydroxyl groups excluding tert-OH is 1. The summed E-state index contributed by atoms with van der Waals surface area (Å²) >= 11 is 4.27. The first-order chi connectivity index (χ1) is 28.9. The lowest BCUT2D eigenvalue weighted by atomic mass is 10.0. The topological polar surface area (TPSA) is 377 Å². The van der Waals surface area contributed by atoms with Crippen LogP contribution < -0.4 is 49.5 Å². The second-order valence-electron chi connectivity index (χ2n) is 14.6. The van der Waals surface area contributed by atoms with E-state index in [-0.39, 0.29) is 69.9 Å². The van der Waals surface area contributed by atoms with Gasteiger partial charge in [0.15, 0.2) is 12.0 Å². The van der Waals surface area contributed by atoms with Crippen LogP contribution in [0.4, 0.5) is 0 Å². The second-order valence-corrected chi connectivity index (χ2v) is 15.0. The summed E-state index contributed by atoms with van der Waals surface area (Å²) in [5.41, 5.74) is 23.1. The van der Waals surface area contributed by atoms with E-state index in [2.05, 4.69) is 44.2 Å². The Labute approximate surface area is 359 Å². The Balaban J connectivity index is 2.36. The Kier molecular flexibility index (Phi) is 22.5. The fourth-order valence-electron chi connectivity index (χ4n) is 6.43. The minimum absolute atomic E-state index is 0.0107. The summed E-state index contributed by atoms with van der Waals surface area (Å²) < 4.78 is 0. The molecule has 1 aromatic rings. The molecule has 61 heavy (non-hydrogen) atoms. The highest BCUT2D eigenvalue weighted by atomic mass is 32.1. The van der Waals surface area contributed by atoms with Gasteiger partial charge in [-0.2, -0.15) is 12.6 Å². The number of hydrogen-bond acceptors (Lipinski definition) is 13. The zero-order valence-corrected chi connectivity index (χ0v) is 35.1. The molecular weight excluding hydrogens is 819 g/mol. The molecule has 0 saturated carbocycles. The number of unbranched alkanes of at least 4 members (excludes halogenated alkanes) is 1. The number of carbonyl (C=O) groups excluding carboxylic acids is 6. The number of guanidine groups is 1. The van der Waals surface area contributed by atoms with Crippen LogP contribution >= 0.6 is 12.6 Å². The Morgan fingerprint density at radius 2 is 1.39 bits per heavy atom. The molecule has 2 rings (SSSR count). The quantitative estimate of drug-likeness (QED) is 0.0176. The Hall–Kier alpha value is -5.52. The highest BCUT2D eigenvalue weighted by Gasteiger charge is 2.40. The van der Waals surface area contributed by atoms with E-state index in [4.69, 9.17) is 28.0 Å². The molecule has 1 aromatic carbocycles. The van der Waals surface area contributed by atoms with Gasteiger partial charge in [0.1, 0.15) is 30.2 Å². The van der Waals surface area contributed by atoms with E-state index < -0.39 is 102 Å². The SMILES string of the molecule is C[C@@H](O)[C@H](NC(=O)[C@@H]1CCCN1C(=O)[C@H](CS)NC(=O)[C@H](CCCCN)NC(=O)[C@H](Cc1ccccc1)NC(=O)[C@H](CCCN=C(N)N)NC(=O)[C@@H](N)CCC(=O)O)C(=O)O. The molecule has 0 aliphatic carbocycles. The number of nitrogens with one attached hydrogen (secondary N) is 5. The minimum Gasteiger partial charge on any atom is -0.481 e. The third kappa shape index (κ3) is 17.9. The lowest BCUT2D eigenvalue weighted by molar-refractivity contribution is -0.147. The van der Waals surface area contributed by atoms with Gasteiger partial charge in [-0.25, -0.2) is 4.79 Å². The first kappa shape index (κ1) is 51.6. The van der Waals surface area contributed by atoms with E-state index in [1.54, 1.807) is 30.3 Å². The number of nitrogens with zero attached hydrogens (tertiary/aromatic N) is 2. The average molecular weight is 880 g/mol. The number of thiol groups is 1. The van der Waals surface area contributed by atoms with Gasteiger partial charge in [-0.15, -0.1) is 0 Å². The van der Waals surface area contributed by atoms with Gasteiger partial charge in [-0.1, -0.05) is 30.3 Å². The van der Waals surface area contributed by atoms with Gasteiger partial charge in [0.05, 0.1) is 12.1 Å². The molecule has 6 amide bonds. The normalized spacial score (nSPS) is 16.9. The summed E-state index contributed by atoms with van der Waals surface area (Å²) in [6.07, 6.45) is -0.381. The van der Waals surface area contributed by atoms with E-state index in [0.717, 1.165) is 0 Å². The van der Waals surface area contributed by atoms with Crippen molar-refractivity contribution < 1.29 is 53.7 Å². The maximum Gasteiger partial charge on any atom is 0.328 e. The summed E-state index contributed by atoms with van der Waals surface area (Å²) in [4.78, 5) is 109. The Morgan fingerprint density at radius 1 is 0.820 bits per heavy atom. The molecule has 0 aromatic heterocycles. The largest absolute Gasteiger partial charge is 0.481 e. The van der Waals surface area contributed by atoms with Crippen molar-refractivity contribution in [3.05, 3.63) is 35.9 Å². The lowest BCUT2D eigenvalue weighted by Crippen LogP contribution is -2.60. The molecule has 1 aliphatic heterocycles. The summed E-state index contributed by atoms with van der Waals surface area (Å²) in [5, 5.41) is 41.1. The number of aliphatic carboxylic acids is 2. The monoisotopic (exact) mass is 879 g/mol. The van der Waals surface area contributed by atoms with E-state index in [1.807, 2.05) is 0 Å². The molecule has 1 saturated heterocycles. The van der Waals surface area contributed by atoms with Gasteiger partial charge in [-0.05, 0) is 70.4 Å². The van der Waals surface area contributed by atoms with Crippen molar-refractivity contribution >= 4 is 66.0 Å². The number of carboxylic acid groups (broad SMARTS) is 2. The molecule has 0 unspecified atom stereocenters. The molecule has 0 spiro atoms. The zero-order valence-electron chi connectivity index (χ0n) is 34.2. The van der Waals surface area contributed by atoms with Crippen molar-refractivity contribution in [3.63, 3.8) is 0 Å². The number of benzene rings is 1. The fourth-order valence-corrected chi connectivity index (χ4v) is 6.67. The summed E-state index contributed by atoms with van der Waals surface area (Å²) in [6, 6.07) is -0.464. The van der Waals surface area contributed by atoms with Crippen molar-refractivity contribution in [2.24, 2.45) is 27.9 Å². The first-order valence-electron chi connectivity index (χ1n) is 20.0. The predicted octanol–water partition coefficient (Wildman–Crippen LogP) is -3.59. The third-order valence-corrected chi connectivity index (χ3v) is 10.1. The number of amides is 6. The number of hydrogen-bond donors (Lipinski definition) is 13. The van der Waals surface area contributed by atoms with Crippen LogP contribution in [0, 0.1) is 0 Å². The van der Waals surface area contributed by atoms with E-state index in [1.165, 1.54) is 11.8 Å². The van der Waals surface area contributed by atoms with Crippen LogP contribution in [0.25, 0.3) is 0 Å². The molecule has 1 fully saturated rings. The van der Waals surface area contributed by atoms with Gasteiger partial charge in [0.2, 0.25) is 35.4 Å². The zero-order chi connectivity index (χ0) is 45.6. The predicted molar refractivity (Wildman–Crippen MR) is 225 cm³/mol. The standard InChI is InChI=1S/C38H61N11O11S/c1-21(50)30(37(59)60)48-35(57)28-13-8-18-49(28)36(58)27(20-61)47-33(55)24(11-5-6-16-39)45-34(56)26(19-22-9-3-2-4-10-22)46-32(54)25(12-7-17-43-38(41)42)44-31(53)23(40)14-15-29(51)52/h2-4,9-10,21,23-28,30,50,61H,5-8,11-20,39-40H2,1H3,(H,44,53)(H,45,56)(H,46,54)(H,47,55)(H,48,57)(H,51,52)(H,59,60)(H4,41,42,43)/t21-,23+,24+,25+,26+,27+,28+,30+/m1/s1. The molecule has 16 N–H and O–H groups in total. The molecular formula is C38H61N11O11S. The van der Waals surface area contributed by atoms with Crippen LogP contribution in [0.1, 0.15) is 70.3 Å². The maximum atomic E-state index is 14.1. The van der Waals surface area contributed by atoms with Gasteiger partial charge in [-0.3, -0.25) is 38.6 Å². The summed E-state index contributed by atoms with van der Waals surface area (Å²) in [7, 11) is 0. The van der Waals surface area contributed by atoms with Crippen molar-refractivity contribution in [1.82, 2.24) is 31.5 Å². The maximum absolute atomic E-state index is 14.1. The van der Waals surface area contributed by atoms with Gasteiger partial charge < -0.3 is 69.7 Å². The molecule has 0 radical (unpaired) electrons. The van der Waals surface area contributed by atoms with E-state index >= 15 is 0 Å². The Morgan fingerprint density at radius 3 is 1.95 bits per heavy atom. The molecule has 8 atom stereocenters.